The number of hydrogen-bond acceptors (Lipinski definition) is 6. The molecule has 5 rings (SSSR count). The largest absolute Gasteiger partial charge is 0.444 e. The van der Waals surface area contributed by atoms with Gasteiger partial charge in [0.1, 0.15) is 11.9 Å². The molecule has 1 aromatic carbocycles. The second-order valence-corrected chi connectivity index (χ2v) is 12.5. The second kappa shape index (κ2) is 11.5. The summed E-state index contributed by atoms with van der Waals surface area (Å²) >= 11 is 10.5. The number of aromatic nitrogens is 5. The molecule has 11 heteroatoms. The third-order valence-corrected chi connectivity index (χ3v) is 8.38. The number of fused-ring (bicyclic) bond motifs is 1. The van der Waals surface area contributed by atoms with Crippen LogP contribution in [-0.2, 0) is 28.9 Å². The summed E-state index contributed by atoms with van der Waals surface area (Å²) in [6.07, 6.45) is 10.0. The molecule has 2 fully saturated rings. The number of nitrogens with zero attached hydrogens (tertiary/aromatic N) is 6. The van der Waals surface area contributed by atoms with Gasteiger partial charge in [-0.25, -0.2) is 14.5 Å². The number of likely N-dealkylation sites (tertiary alicyclic amines) is 1. The van der Waals surface area contributed by atoms with Crippen molar-refractivity contribution in [1.82, 2.24) is 29.4 Å². The minimum absolute atomic E-state index is 0.0379. The lowest BCUT2D eigenvalue weighted by Crippen LogP contribution is -2.43. The van der Waals surface area contributed by atoms with Crippen LogP contribution in [0.1, 0.15) is 70.5 Å². The van der Waals surface area contributed by atoms with Gasteiger partial charge in [0.15, 0.2) is 12.1 Å². The molecule has 206 valence electrons. The zero-order chi connectivity index (χ0) is 26.9. The van der Waals surface area contributed by atoms with Gasteiger partial charge in [-0.3, -0.25) is 4.68 Å². The van der Waals surface area contributed by atoms with Gasteiger partial charge in [0.2, 0.25) is 0 Å². The first kappa shape index (κ1) is 27.4. The van der Waals surface area contributed by atoms with Crippen molar-refractivity contribution >= 4 is 44.5 Å². The average Bonchev–Trinajstić information content (AvgIpc) is 3.50. The molecule has 38 heavy (non-hydrogen) atoms. The van der Waals surface area contributed by atoms with Gasteiger partial charge in [-0.05, 0) is 92.8 Å². The molecule has 0 aliphatic carbocycles. The van der Waals surface area contributed by atoms with E-state index in [4.69, 9.17) is 26.2 Å². The number of carbonyl (C=O) groups excluding carboxylic acids is 1. The van der Waals surface area contributed by atoms with Crippen LogP contribution >= 0.6 is 27.5 Å². The van der Waals surface area contributed by atoms with Crippen molar-refractivity contribution in [2.45, 2.75) is 84.1 Å². The highest BCUT2D eigenvalue weighted by Gasteiger charge is 2.28. The van der Waals surface area contributed by atoms with Crippen LogP contribution in [-0.4, -0.2) is 60.8 Å². The molecule has 3 aromatic rings. The summed E-state index contributed by atoms with van der Waals surface area (Å²) in [6, 6.07) is 1.99. The van der Waals surface area contributed by atoms with E-state index < -0.39 is 5.60 Å². The lowest BCUT2D eigenvalue weighted by Gasteiger charge is -2.33. The van der Waals surface area contributed by atoms with Crippen molar-refractivity contribution in [2.24, 2.45) is 5.92 Å². The number of benzene rings is 1. The quantitative estimate of drug-likeness (QED) is 0.333. The molecule has 0 N–H and O–H groups in total. The van der Waals surface area contributed by atoms with Crippen molar-refractivity contribution in [3.05, 3.63) is 39.5 Å². The fourth-order valence-corrected chi connectivity index (χ4v) is 6.40. The van der Waals surface area contributed by atoms with Crippen molar-refractivity contribution in [3.8, 4) is 0 Å². The van der Waals surface area contributed by atoms with Crippen LogP contribution in [0.15, 0.2) is 23.1 Å². The van der Waals surface area contributed by atoms with E-state index in [0.717, 1.165) is 78.4 Å². The van der Waals surface area contributed by atoms with Crippen LogP contribution in [0.4, 0.5) is 4.79 Å². The summed E-state index contributed by atoms with van der Waals surface area (Å²) in [5, 5.41) is 11.1. The highest BCUT2D eigenvalue weighted by Crippen LogP contribution is 2.36. The lowest BCUT2D eigenvalue weighted by molar-refractivity contribution is -0.0366. The molecule has 2 aromatic heterocycles. The van der Waals surface area contributed by atoms with Gasteiger partial charge in [0, 0.05) is 47.5 Å². The van der Waals surface area contributed by atoms with E-state index >= 15 is 0 Å². The maximum atomic E-state index is 12.5. The average molecular weight is 608 g/mol. The molecule has 2 saturated heterocycles. The van der Waals surface area contributed by atoms with Crippen LogP contribution in [0, 0.1) is 5.92 Å². The molecule has 0 radical (unpaired) electrons. The molecule has 0 bridgehead atoms. The minimum Gasteiger partial charge on any atom is -0.444 e. The molecule has 9 nitrogen and oxygen atoms in total. The highest BCUT2D eigenvalue weighted by atomic mass is 79.9. The number of ether oxygens (including phenoxy) is 2. The van der Waals surface area contributed by atoms with E-state index in [1.54, 1.807) is 6.33 Å². The molecule has 2 aliphatic rings. The van der Waals surface area contributed by atoms with Crippen LogP contribution in [0.25, 0.3) is 10.9 Å². The summed E-state index contributed by atoms with van der Waals surface area (Å²) in [6.45, 7) is 8.52. The Kier molecular flexibility index (Phi) is 8.30. The molecule has 4 heterocycles. The van der Waals surface area contributed by atoms with E-state index in [1.807, 2.05) is 47.3 Å². The zero-order valence-electron chi connectivity index (χ0n) is 22.3. The molecule has 0 saturated carbocycles. The normalized spacial score (nSPS) is 20.7. The Morgan fingerprint density at radius 1 is 1.26 bits per heavy atom. The smallest absolute Gasteiger partial charge is 0.410 e. The van der Waals surface area contributed by atoms with Gasteiger partial charge in [0.05, 0.1) is 11.7 Å². The van der Waals surface area contributed by atoms with Gasteiger partial charge in [-0.1, -0.05) is 11.6 Å². The number of amides is 1. The molecule has 2 atom stereocenters. The van der Waals surface area contributed by atoms with E-state index in [-0.39, 0.29) is 12.3 Å². The Morgan fingerprint density at radius 2 is 2.11 bits per heavy atom. The van der Waals surface area contributed by atoms with Gasteiger partial charge in [-0.15, -0.1) is 0 Å². The Hall–Kier alpha value is -2.17. The second-order valence-electron chi connectivity index (χ2n) is 11.3. The fraction of sp³-hybridized carbons (Fsp3) is 0.630. The monoisotopic (exact) mass is 606 g/mol. The van der Waals surface area contributed by atoms with Gasteiger partial charge in [-0.2, -0.15) is 10.2 Å². The van der Waals surface area contributed by atoms with Crippen molar-refractivity contribution in [3.63, 3.8) is 0 Å². The molecule has 0 spiro atoms. The van der Waals surface area contributed by atoms with Crippen molar-refractivity contribution < 1.29 is 14.3 Å². The van der Waals surface area contributed by atoms with Gasteiger partial charge >= 0.3 is 6.09 Å². The van der Waals surface area contributed by atoms with Gasteiger partial charge in [0.25, 0.3) is 0 Å². The Morgan fingerprint density at radius 3 is 2.87 bits per heavy atom. The Labute approximate surface area is 236 Å². The first-order valence-corrected chi connectivity index (χ1v) is 14.7. The van der Waals surface area contributed by atoms with Crippen LogP contribution in [0.2, 0.25) is 5.02 Å². The number of halogens is 2. The van der Waals surface area contributed by atoms with Gasteiger partial charge < -0.3 is 14.4 Å². The maximum absolute atomic E-state index is 12.5. The minimum atomic E-state index is -0.489. The Balaban J connectivity index is 1.21. The number of hydrogen-bond donors (Lipinski definition) is 0. The van der Waals surface area contributed by atoms with Crippen molar-refractivity contribution in [1.29, 1.82) is 0 Å². The Bertz CT molecular complexity index is 1280. The van der Waals surface area contributed by atoms with E-state index in [2.05, 4.69) is 26.0 Å². The predicted molar refractivity (Wildman–Crippen MR) is 149 cm³/mol. The fourth-order valence-electron chi connectivity index (χ4n) is 5.28. The number of carbonyl (C=O) groups is 1. The molecule has 2 unspecified atom stereocenters. The summed E-state index contributed by atoms with van der Waals surface area (Å²) in [7, 11) is 0. The number of piperidine rings is 1. The summed E-state index contributed by atoms with van der Waals surface area (Å²) in [4.78, 5) is 18.9. The number of aryl methyl sites for hydroxylation is 1. The SMILES string of the molecule is CC(C)(C)OC(=O)N1CCCC(Cc2ncn(CCc3c(Cl)cc4c(cnn4C4CCCCO4)c3Br)n2)C1. The molecule has 2 aliphatic heterocycles. The van der Waals surface area contributed by atoms with E-state index in [0.29, 0.717) is 30.5 Å². The summed E-state index contributed by atoms with van der Waals surface area (Å²) in [5.41, 5.74) is 1.52. The lowest BCUT2D eigenvalue weighted by atomic mass is 9.95. The third kappa shape index (κ3) is 6.34. The van der Waals surface area contributed by atoms with Crippen LogP contribution < -0.4 is 0 Å². The highest BCUT2D eigenvalue weighted by molar-refractivity contribution is 9.10. The van der Waals surface area contributed by atoms with Crippen LogP contribution in [0.5, 0.6) is 0 Å². The molecular weight excluding hydrogens is 572 g/mol. The molecule has 1 amide bonds. The third-order valence-electron chi connectivity index (χ3n) is 7.13. The van der Waals surface area contributed by atoms with Crippen molar-refractivity contribution in [2.75, 3.05) is 19.7 Å². The summed E-state index contributed by atoms with van der Waals surface area (Å²) in [5.74, 6) is 1.12. The topological polar surface area (TPSA) is 87.3 Å². The van der Waals surface area contributed by atoms with E-state index in [9.17, 15) is 4.79 Å². The predicted octanol–water partition coefficient (Wildman–Crippen LogP) is 6.18. The standard InChI is InChI=1S/C27H36BrClN6O3/c1-27(2,3)38-26(36)33-10-6-7-18(16-33)13-23-30-17-34(32-23)11-9-19-21(29)14-22-20(25(19)28)15-31-35(22)24-8-4-5-12-37-24/h14-15,17-18,24H,4-13,16H2,1-3H3. The first-order chi connectivity index (χ1) is 18.2. The first-order valence-electron chi connectivity index (χ1n) is 13.5. The number of rotatable bonds is 6. The maximum Gasteiger partial charge on any atom is 0.410 e. The van der Waals surface area contributed by atoms with Crippen LogP contribution in [0.3, 0.4) is 0 Å². The summed E-state index contributed by atoms with van der Waals surface area (Å²) < 4.78 is 16.3. The van der Waals surface area contributed by atoms with E-state index in [1.165, 1.54) is 0 Å². The zero-order valence-corrected chi connectivity index (χ0v) is 24.7. The molecular formula is C27H36BrClN6O3.